The molecule has 0 aliphatic carbocycles. The van der Waals surface area contributed by atoms with Crippen molar-refractivity contribution in [3.05, 3.63) is 30.1 Å². The molecule has 3 rings (SSSR count). The molecule has 2 heterocycles. The van der Waals surface area contributed by atoms with Crippen LogP contribution in [0.5, 0.6) is 0 Å². The van der Waals surface area contributed by atoms with Gasteiger partial charge in [-0.2, -0.15) is 4.31 Å². The number of benzene rings is 1. The molecule has 2 saturated heterocycles. The number of primary amides is 1. The van der Waals surface area contributed by atoms with Gasteiger partial charge in [-0.3, -0.25) is 14.5 Å². The average Bonchev–Trinajstić information content (AvgIpc) is 2.68. The number of hydrogen-bond acceptors (Lipinski definition) is 5. The first kappa shape index (κ1) is 20.7. The Morgan fingerprint density at radius 2 is 1.82 bits per heavy atom. The van der Waals surface area contributed by atoms with E-state index in [4.69, 9.17) is 5.73 Å². The highest BCUT2D eigenvalue weighted by Crippen LogP contribution is 2.20. The molecule has 1 aromatic rings. The molecule has 2 amide bonds. The van der Waals surface area contributed by atoms with Crippen molar-refractivity contribution in [2.24, 2.45) is 5.73 Å². The van der Waals surface area contributed by atoms with Crippen LogP contribution < -0.4 is 5.73 Å². The first-order valence-corrected chi connectivity index (χ1v) is 10.8. The lowest BCUT2D eigenvalue weighted by Gasteiger charge is -2.37. The van der Waals surface area contributed by atoms with Gasteiger partial charge in [0.2, 0.25) is 21.8 Å². The molecule has 2 aliphatic rings. The monoisotopic (exact) mass is 412 g/mol. The minimum absolute atomic E-state index is 0.0744. The van der Waals surface area contributed by atoms with Crippen LogP contribution in [-0.4, -0.2) is 79.6 Å². The molecule has 1 aromatic carbocycles. The Morgan fingerprint density at radius 1 is 1.11 bits per heavy atom. The van der Waals surface area contributed by atoms with Crippen LogP contribution in [0.1, 0.15) is 19.3 Å². The predicted molar refractivity (Wildman–Crippen MR) is 100 cm³/mol. The number of rotatable bonds is 5. The first-order valence-electron chi connectivity index (χ1n) is 9.36. The average molecular weight is 412 g/mol. The molecule has 10 heteroatoms. The number of piperazine rings is 1. The van der Waals surface area contributed by atoms with Gasteiger partial charge >= 0.3 is 0 Å². The number of amides is 2. The third-order valence-corrected chi connectivity index (χ3v) is 7.17. The number of nitrogens with two attached hydrogens (primary N) is 1. The van der Waals surface area contributed by atoms with Gasteiger partial charge in [0.1, 0.15) is 11.9 Å². The van der Waals surface area contributed by atoms with E-state index >= 15 is 0 Å². The van der Waals surface area contributed by atoms with Crippen LogP contribution in [0.4, 0.5) is 4.39 Å². The molecule has 0 bridgehead atoms. The first-order chi connectivity index (χ1) is 13.3. The quantitative estimate of drug-likeness (QED) is 0.733. The highest BCUT2D eigenvalue weighted by molar-refractivity contribution is 7.89. The highest BCUT2D eigenvalue weighted by Gasteiger charge is 2.33. The molecule has 0 radical (unpaired) electrons. The second kappa shape index (κ2) is 8.54. The van der Waals surface area contributed by atoms with Gasteiger partial charge in [0.15, 0.2) is 0 Å². The minimum atomic E-state index is -3.77. The standard InChI is InChI=1S/C18H25FN4O4S/c19-14-4-3-5-15(12-14)28(26,27)22-10-8-21(9-11-22)13-17(24)23-7-2-1-6-16(23)18(20)25/h3-5,12,16H,1-2,6-11,13H2,(H2,20,25)/t16-/m0/s1. The molecule has 1 atom stereocenters. The Balaban J connectivity index is 1.58. The molecule has 0 saturated carbocycles. The SMILES string of the molecule is NC(=O)[C@@H]1CCCCN1C(=O)CN1CCN(S(=O)(=O)c2cccc(F)c2)CC1. The predicted octanol–water partition coefficient (Wildman–Crippen LogP) is -0.00160. The van der Waals surface area contributed by atoms with Crippen molar-refractivity contribution in [3.8, 4) is 0 Å². The van der Waals surface area contributed by atoms with Gasteiger partial charge in [0, 0.05) is 32.7 Å². The van der Waals surface area contributed by atoms with Crippen molar-refractivity contribution < 1.29 is 22.4 Å². The number of nitrogens with zero attached hydrogens (tertiary/aromatic N) is 3. The molecule has 0 aromatic heterocycles. The number of likely N-dealkylation sites (tertiary alicyclic amines) is 1. The fraction of sp³-hybridized carbons (Fsp3) is 0.556. The van der Waals surface area contributed by atoms with Gasteiger partial charge in [-0.25, -0.2) is 12.8 Å². The summed E-state index contributed by atoms with van der Waals surface area (Å²) in [5, 5.41) is 0. The Morgan fingerprint density at radius 3 is 2.46 bits per heavy atom. The van der Waals surface area contributed by atoms with Crippen LogP contribution in [-0.2, 0) is 19.6 Å². The van der Waals surface area contributed by atoms with Gasteiger partial charge in [0.05, 0.1) is 11.4 Å². The van der Waals surface area contributed by atoms with Gasteiger partial charge in [-0.15, -0.1) is 0 Å². The lowest BCUT2D eigenvalue weighted by atomic mass is 10.0. The second-order valence-corrected chi connectivity index (χ2v) is 9.08. The maximum absolute atomic E-state index is 13.4. The Hall–Kier alpha value is -2.04. The lowest BCUT2D eigenvalue weighted by Crippen LogP contribution is -2.55. The topological polar surface area (TPSA) is 104 Å². The normalized spacial score (nSPS) is 22.2. The molecule has 2 aliphatic heterocycles. The fourth-order valence-electron chi connectivity index (χ4n) is 3.71. The number of halogens is 1. The van der Waals surface area contributed by atoms with E-state index in [1.165, 1.54) is 22.5 Å². The molecule has 154 valence electrons. The molecule has 2 N–H and O–H groups in total. The summed E-state index contributed by atoms with van der Waals surface area (Å²) < 4.78 is 40.0. The van der Waals surface area contributed by atoms with E-state index < -0.39 is 27.8 Å². The fourth-order valence-corrected chi connectivity index (χ4v) is 5.17. The Kier molecular flexibility index (Phi) is 6.31. The van der Waals surface area contributed by atoms with Crippen LogP contribution in [0.15, 0.2) is 29.2 Å². The van der Waals surface area contributed by atoms with E-state index in [1.54, 1.807) is 4.90 Å². The summed E-state index contributed by atoms with van der Waals surface area (Å²) in [5.74, 6) is -1.25. The maximum Gasteiger partial charge on any atom is 0.243 e. The summed E-state index contributed by atoms with van der Waals surface area (Å²) >= 11 is 0. The van der Waals surface area contributed by atoms with Crippen LogP contribution >= 0.6 is 0 Å². The third-order valence-electron chi connectivity index (χ3n) is 5.28. The maximum atomic E-state index is 13.4. The summed E-state index contributed by atoms with van der Waals surface area (Å²) in [5.41, 5.74) is 5.41. The van der Waals surface area contributed by atoms with Crippen molar-refractivity contribution in [2.75, 3.05) is 39.3 Å². The number of carbonyl (C=O) groups is 2. The molecule has 8 nitrogen and oxygen atoms in total. The van der Waals surface area contributed by atoms with E-state index in [0.717, 1.165) is 18.9 Å². The summed E-state index contributed by atoms with van der Waals surface area (Å²) in [4.78, 5) is 27.5. The number of hydrogen-bond donors (Lipinski definition) is 1. The van der Waals surface area contributed by atoms with Gasteiger partial charge in [-0.1, -0.05) is 6.07 Å². The zero-order valence-electron chi connectivity index (χ0n) is 15.6. The highest BCUT2D eigenvalue weighted by atomic mass is 32.2. The van der Waals surface area contributed by atoms with Crippen molar-refractivity contribution in [1.29, 1.82) is 0 Å². The van der Waals surface area contributed by atoms with Crippen LogP contribution in [0, 0.1) is 5.82 Å². The number of piperidine rings is 1. The van der Waals surface area contributed by atoms with Crippen molar-refractivity contribution in [3.63, 3.8) is 0 Å². The zero-order chi connectivity index (χ0) is 20.3. The van der Waals surface area contributed by atoms with Crippen molar-refractivity contribution >= 4 is 21.8 Å². The molecule has 28 heavy (non-hydrogen) atoms. The van der Waals surface area contributed by atoms with E-state index in [9.17, 15) is 22.4 Å². The van der Waals surface area contributed by atoms with E-state index in [1.807, 2.05) is 4.90 Å². The molecule has 2 fully saturated rings. The van der Waals surface area contributed by atoms with Crippen LogP contribution in [0.3, 0.4) is 0 Å². The Bertz CT molecular complexity index is 840. The van der Waals surface area contributed by atoms with Gasteiger partial charge in [0.25, 0.3) is 0 Å². The molecule has 0 unspecified atom stereocenters. The van der Waals surface area contributed by atoms with E-state index in [-0.39, 0.29) is 30.4 Å². The Labute approximate surface area is 164 Å². The van der Waals surface area contributed by atoms with Crippen LogP contribution in [0.2, 0.25) is 0 Å². The van der Waals surface area contributed by atoms with Gasteiger partial charge < -0.3 is 10.6 Å². The van der Waals surface area contributed by atoms with E-state index in [0.29, 0.717) is 26.1 Å². The largest absolute Gasteiger partial charge is 0.368 e. The molecular formula is C18H25FN4O4S. The lowest BCUT2D eigenvalue weighted by molar-refractivity contribution is -0.142. The zero-order valence-corrected chi connectivity index (χ0v) is 16.4. The van der Waals surface area contributed by atoms with Crippen molar-refractivity contribution in [2.45, 2.75) is 30.2 Å². The summed E-state index contributed by atoms with van der Waals surface area (Å²) in [7, 11) is -3.77. The van der Waals surface area contributed by atoms with Crippen LogP contribution in [0.25, 0.3) is 0 Å². The third kappa shape index (κ3) is 4.50. The van der Waals surface area contributed by atoms with E-state index in [2.05, 4.69) is 0 Å². The number of sulfonamides is 1. The summed E-state index contributed by atoms with van der Waals surface area (Å²) in [6, 6.07) is 4.38. The second-order valence-electron chi connectivity index (χ2n) is 7.14. The smallest absolute Gasteiger partial charge is 0.243 e. The number of carbonyl (C=O) groups excluding carboxylic acids is 2. The molecule has 0 spiro atoms. The summed E-state index contributed by atoms with van der Waals surface area (Å²) in [6.45, 7) is 1.83. The van der Waals surface area contributed by atoms with Gasteiger partial charge in [-0.05, 0) is 37.5 Å². The van der Waals surface area contributed by atoms with Crippen molar-refractivity contribution in [1.82, 2.24) is 14.1 Å². The summed E-state index contributed by atoms with van der Waals surface area (Å²) in [6.07, 6.45) is 2.30. The minimum Gasteiger partial charge on any atom is -0.368 e. The molecular weight excluding hydrogens is 387 g/mol.